The molecule has 3 N–H and O–H groups in total. The van der Waals surface area contributed by atoms with Crippen LogP contribution in [0.4, 0.5) is 4.39 Å². The number of fused-ring (bicyclic) bond motifs is 1. The first-order valence-corrected chi connectivity index (χ1v) is 12.7. The average molecular weight is 510 g/mol. The summed E-state index contributed by atoms with van der Waals surface area (Å²) in [5.41, 5.74) is 2.58. The third-order valence-corrected chi connectivity index (χ3v) is 8.33. The van der Waals surface area contributed by atoms with Gasteiger partial charge in [0.25, 0.3) is 0 Å². The molecule has 0 saturated heterocycles. The molecule has 1 aliphatic carbocycles. The molecule has 0 aliphatic heterocycles. The van der Waals surface area contributed by atoms with Gasteiger partial charge in [-0.05, 0) is 73.6 Å². The Hall–Kier alpha value is -2.53. The Labute approximate surface area is 201 Å². The van der Waals surface area contributed by atoms with Crippen molar-refractivity contribution in [1.29, 1.82) is 0 Å². The topological polar surface area (TPSA) is 125 Å². The second kappa shape index (κ2) is 9.26. The van der Waals surface area contributed by atoms with Gasteiger partial charge in [0.2, 0.25) is 15.9 Å². The Balaban J connectivity index is 1.83. The predicted octanol–water partition coefficient (Wildman–Crippen LogP) is 3.97. The van der Waals surface area contributed by atoms with Crippen molar-refractivity contribution in [2.24, 2.45) is 0 Å². The quantitative estimate of drug-likeness (QED) is 0.461. The summed E-state index contributed by atoms with van der Waals surface area (Å²) in [5, 5.41) is 16.9. The molecule has 0 bridgehead atoms. The molecular formula is C23H25ClFN3O5S. The number of halogens is 2. The zero-order valence-electron chi connectivity index (χ0n) is 18.9. The molecule has 4 rings (SSSR count). The van der Waals surface area contributed by atoms with Crippen molar-refractivity contribution >= 4 is 21.6 Å². The highest BCUT2D eigenvalue weighted by Gasteiger charge is 2.36. The Morgan fingerprint density at radius 2 is 2.03 bits per heavy atom. The van der Waals surface area contributed by atoms with E-state index in [0.717, 1.165) is 5.56 Å². The van der Waals surface area contributed by atoms with Crippen LogP contribution in [0.25, 0.3) is 0 Å². The highest BCUT2D eigenvalue weighted by Crippen LogP contribution is 2.40. The molecule has 0 spiro atoms. The number of sulfonamides is 1. The fourth-order valence-electron chi connectivity index (χ4n) is 4.59. The molecule has 3 atom stereocenters. The van der Waals surface area contributed by atoms with E-state index >= 15 is 0 Å². The third kappa shape index (κ3) is 4.43. The Bertz CT molecular complexity index is 1400. The van der Waals surface area contributed by atoms with Crippen LogP contribution >= 0.6 is 11.6 Å². The van der Waals surface area contributed by atoms with Gasteiger partial charge >= 0.3 is 5.76 Å². The number of aromatic amines is 1. The predicted molar refractivity (Wildman–Crippen MR) is 124 cm³/mol. The van der Waals surface area contributed by atoms with Gasteiger partial charge in [-0.25, -0.2) is 22.7 Å². The summed E-state index contributed by atoms with van der Waals surface area (Å²) in [5.74, 6) is -2.41. The number of H-pyrrole nitrogens is 1. The first-order chi connectivity index (χ1) is 16.0. The second-order valence-corrected chi connectivity index (χ2v) is 10.7. The third-order valence-electron chi connectivity index (χ3n) is 6.48. The maximum atomic E-state index is 14.9. The summed E-state index contributed by atoms with van der Waals surface area (Å²) in [4.78, 5) is 11.5. The molecule has 1 aliphatic rings. The molecule has 34 heavy (non-hydrogen) atoms. The van der Waals surface area contributed by atoms with Crippen LogP contribution in [0.5, 0.6) is 0 Å². The van der Waals surface area contributed by atoms with Crippen LogP contribution in [0.1, 0.15) is 71.5 Å². The highest BCUT2D eigenvalue weighted by molar-refractivity contribution is 7.89. The van der Waals surface area contributed by atoms with Crippen LogP contribution in [0.15, 0.2) is 38.4 Å². The maximum absolute atomic E-state index is 14.9. The van der Waals surface area contributed by atoms with Crippen LogP contribution in [0, 0.1) is 19.7 Å². The van der Waals surface area contributed by atoms with E-state index in [2.05, 4.69) is 14.9 Å². The number of aryl methyl sites for hydroxylation is 1. The molecule has 1 aromatic heterocycles. The summed E-state index contributed by atoms with van der Waals surface area (Å²) in [7, 11) is -4.29. The number of aliphatic hydroxyl groups excluding tert-OH is 1. The van der Waals surface area contributed by atoms with Crippen molar-refractivity contribution in [1.82, 2.24) is 14.9 Å². The number of nitrogens with zero attached hydrogens (tertiary/aromatic N) is 1. The lowest BCUT2D eigenvalue weighted by Gasteiger charge is -2.28. The van der Waals surface area contributed by atoms with Crippen molar-refractivity contribution < 1.29 is 22.3 Å². The second-order valence-electron chi connectivity index (χ2n) is 8.59. The minimum atomic E-state index is -4.29. The molecule has 0 fully saturated rings. The smallest absolute Gasteiger partial charge is 0.391 e. The Morgan fingerprint density at radius 1 is 1.29 bits per heavy atom. The van der Waals surface area contributed by atoms with E-state index in [-0.39, 0.29) is 21.9 Å². The fourth-order valence-corrected chi connectivity index (χ4v) is 6.41. The van der Waals surface area contributed by atoms with Gasteiger partial charge in [0.15, 0.2) is 0 Å². The molecular weight excluding hydrogens is 485 g/mol. The molecule has 11 heteroatoms. The van der Waals surface area contributed by atoms with Gasteiger partial charge in [-0.2, -0.15) is 4.72 Å². The van der Waals surface area contributed by atoms with Crippen LogP contribution < -0.4 is 10.5 Å². The number of benzene rings is 2. The van der Waals surface area contributed by atoms with Gasteiger partial charge in [0.05, 0.1) is 11.0 Å². The molecule has 0 saturated carbocycles. The van der Waals surface area contributed by atoms with Gasteiger partial charge in [-0.3, -0.25) is 0 Å². The van der Waals surface area contributed by atoms with Gasteiger partial charge < -0.3 is 9.52 Å². The highest BCUT2D eigenvalue weighted by atomic mass is 35.5. The molecule has 0 radical (unpaired) electrons. The Morgan fingerprint density at radius 3 is 2.71 bits per heavy atom. The Kier molecular flexibility index (Phi) is 6.69. The van der Waals surface area contributed by atoms with E-state index in [9.17, 15) is 22.7 Å². The number of hydrogen-bond acceptors (Lipinski definition) is 6. The number of nitrogens with one attached hydrogen (secondary N) is 2. The first-order valence-electron chi connectivity index (χ1n) is 10.8. The van der Waals surface area contributed by atoms with E-state index in [1.807, 2.05) is 6.92 Å². The monoisotopic (exact) mass is 509 g/mol. The van der Waals surface area contributed by atoms with E-state index in [1.54, 1.807) is 19.9 Å². The zero-order chi connectivity index (χ0) is 24.8. The summed E-state index contributed by atoms with van der Waals surface area (Å²) < 4.78 is 49.7. The van der Waals surface area contributed by atoms with Crippen LogP contribution in [0.3, 0.4) is 0 Å². The van der Waals surface area contributed by atoms with Crippen molar-refractivity contribution in [2.45, 2.75) is 63.0 Å². The fraction of sp³-hybridized carbons (Fsp3) is 0.391. The van der Waals surface area contributed by atoms with Crippen molar-refractivity contribution in [3.05, 3.63) is 79.4 Å². The first kappa shape index (κ1) is 24.6. The van der Waals surface area contributed by atoms with Gasteiger partial charge in [-0.1, -0.05) is 24.6 Å². The summed E-state index contributed by atoms with van der Waals surface area (Å²) in [6, 6.07) is 4.54. The average Bonchev–Trinajstić information content (AvgIpc) is 3.21. The van der Waals surface area contributed by atoms with E-state index in [0.29, 0.717) is 35.4 Å². The largest absolute Gasteiger partial charge is 0.434 e. The van der Waals surface area contributed by atoms with Gasteiger partial charge in [-0.15, -0.1) is 5.10 Å². The van der Waals surface area contributed by atoms with Crippen LogP contribution in [-0.2, 0) is 16.4 Å². The van der Waals surface area contributed by atoms with Gasteiger partial charge in [0, 0.05) is 16.5 Å². The van der Waals surface area contributed by atoms with Crippen molar-refractivity contribution in [3.8, 4) is 0 Å². The van der Waals surface area contributed by atoms with Gasteiger partial charge in [0.1, 0.15) is 11.9 Å². The SMILES string of the molecule is Cc1ccc(F)c([C@@H](C)[C@H](NS(=O)(=O)c2ccc(Cl)c3c2C(O)CCC3)c2n[nH]c(=O)o2)c1C. The normalized spacial score (nSPS) is 17.9. The lowest BCUT2D eigenvalue weighted by molar-refractivity contribution is 0.153. The lowest BCUT2D eigenvalue weighted by Crippen LogP contribution is -2.34. The standard InChI is InChI=1S/C23H25ClFN3O5S/c1-11-7-9-16(25)19(12(11)2)13(3)21(22-26-27-23(30)33-22)28-34(31,32)18-10-8-15(24)14-5-4-6-17(29)20(14)18/h7-10,13,17,21,28-29H,4-6H2,1-3H3,(H,27,30)/t13-,17?,21+/m1/s1. The van der Waals surface area contributed by atoms with Crippen molar-refractivity contribution in [3.63, 3.8) is 0 Å². The number of hydrogen-bond donors (Lipinski definition) is 3. The summed E-state index contributed by atoms with van der Waals surface area (Å²) in [6.45, 7) is 5.18. The van der Waals surface area contributed by atoms with E-state index in [4.69, 9.17) is 16.0 Å². The number of aliphatic hydroxyl groups is 1. The molecule has 0 amide bonds. The van der Waals surface area contributed by atoms with Crippen molar-refractivity contribution in [2.75, 3.05) is 0 Å². The molecule has 1 heterocycles. The van der Waals surface area contributed by atoms with E-state index < -0.39 is 39.7 Å². The molecule has 8 nitrogen and oxygen atoms in total. The number of aromatic nitrogens is 2. The number of rotatable bonds is 6. The molecule has 3 aromatic rings. The maximum Gasteiger partial charge on any atom is 0.434 e. The molecule has 1 unspecified atom stereocenters. The summed E-state index contributed by atoms with van der Waals surface area (Å²) >= 11 is 6.28. The summed E-state index contributed by atoms with van der Waals surface area (Å²) in [6.07, 6.45) is 0.618. The minimum absolute atomic E-state index is 0.129. The van der Waals surface area contributed by atoms with Crippen LogP contribution in [-0.4, -0.2) is 23.7 Å². The van der Waals surface area contributed by atoms with Crippen LogP contribution in [0.2, 0.25) is 5.02 Å². The lowest BCUT2D eigenvalue weighted by atomic mass is 9.88. The minimum Gasteiger partial charge on any atom is -0.391 e. The molecule has 2 aromatic carbocycles. The molecule has 182 valence electrons. The zero-order valence-corrected chi connectivity index (χ0v) is 20.4. The van der Waals surface area contributed by atoms with E-state index in [1.165, 1.54) is 18.2 Å².